The molecule has 0 aliphatic carbocycles. The van der Waals surface area contributed by atoms with Gasteiger partial charge in [0.1, 0.15) is 17.6 Å². The summed E-state index contributed by atoms with van der Waals surface area (Å²) in [7, 11) is 0. The molecule has 1 aliphatic heterocycles. The molecule has 1 amide bonds. The molecular formula is C21H13ClFNO3S. The van der Waals surface area contributed by atoms with E-state index in [4.69, 9.17) is 11.6 Å². The molecule has 0 saturated carbocycles. The van der Waals surface area contributed by atoms with Crippen LogP contribution in [0.15, 0.2) is 71.6 Å². The normalized spacial score (nSPS) is 18.6. The summed E-state index contributed by atoms with van der Waals surface area (Å²) < 4.78 is 13.8. The average Bonchev–Trinajstić information content (AvgIpc) is 3.28. The van der Waals surface area contributed by atoms with Crippen LogP contribution in [0.3, 0.4) is 0 Å². The smallest absolute Gasteiger partial charge is 0.300 e. The highest BCUT2D eigenvalue weighted by Crippen LogP contribution is 2.43. The average molecular weight is 414 g/mol. The van der Waals surface area contributed by atoms with Gasteiger partial charge in [-0.15, -0.1) is 11.3 Å². The Morgan fingerprint density at radius 1 is 1.07 bits per heavy atom. The molecule has 1 aliphatic rings. The molecule has 1 saturated heterocycles. The Bertz CT molecular complexity index is 1110. The molecule has 4 nitrogen and oxygen atoms in total. The molecule has 1 aromatic heterocycles. The van der Waals surface area contributed by atoms with Crippen LogP contribution in [0.25, 0.3) is 5.76 Å². The molecule has 2 aromatic carbocycles. The maximum Gasteiger partial charge on any atom is 0.300 e. The van der Waals surface area contributed by atoms with E-state index in [-0.39, 0.29) is 17.0 Å². The molecule has 28 heavy (non-hydrogen) atoms. The molecule has 0 spiro atoms. The van der Waals surface area contributed by atoms with Crippen molar-refractivity contribution in [3.05, 3.63) is 92.9 Å². The number of ketones is 1. The van der Waals surface area contributed by atoms with E-state index in [9.17, 15) is 19.1 Å². The lowest BCUT2D eigenvalue weighted by Gasteiger charge is -2.24. The first kappa shape index (κ1) is 18.4. The van der Waals surface area contributed by atoms with E-state index >= 15 is 0 Å². The van der Waals surface area contributed by atoms with Gasteiger partial charge in [0.25, 0.3) is 11.7 Å². The Hall–Kier alpha value is -2.96. The summed E-state index contributed by atoms with van der Waals surface area (Å²) in [5.74, 6) is -2.51. The minimum atomic E-state index is -0.860. The summed E-state index contributed by atoms with van der Waals surface area (Å²) in [4.78, 5) is 27.6. The standard InChI is InChI=1S/C21H13ClFNO3S/c22-13-5-1-4-12(10-13)19(25)17-18(16-8-3-9-28-16)24(21(27)20(17)26)15-7-2-6-14(23)11-15/h1-11,18,25H/b19-17-. The number of nitrogens with zero attached hydrogens (tertiary/aromatic N) is 1. The van der Waals surface area contributed by atoms with Gasteiger partial charge in [-0.1, -0.05) is 35.9 Å². The third-order valence-corrected chi connectivity index (χ3v) is 5.60. The molecule has 140 valence electrons. The van der Waals surface area contributed by atoms with E-state index in [1.165, 1.54) is 40.5 Å². The number of thiophene rings is 1. The van der Waals surface area contributed by atoms with Gasteiger partial charge in [0.05, 0.1) is 5.57 Å². The third kappa shape index (κ3) is 3.10. The second-order valence-corrected chi connectivity index (χ2v) is 7.59. The zero-order valence-electron chi connectivity index (χ0n) is 14.3. The number of benzene rings is 2. The summed E-state index contributed by atoms with van der Waals surface area (Å²) in [5, 5.41) is 13.1. The lowest BCUT2D eigenvalue weighted by molar-refractivity contribution is -0.132. The molecule has 1 fully saturated rings. The Labute approximate surface area is 169 Å². The van der Waals surface area contributed by atoms with Crippen LogP contribution in [-0.4, -0.2) is 16.8 Å². The van der Waals surface area contributed by atoms with E-state index in [1.54, 1.807) is 41.8 Å². The minimum Gasteiger partial charge on any atom is -0.507 e. The summed E-state index contributed by atoms with van der Waals surface area (Å²) >= 11 is 7.34. The zero-order chi connectivity index (χ0) is 19.8. The Kier molecular flexibility index (Phi) is 4.75. The molecule has 1 unspecified atom stereocenters. The van der Waals surface area contributed by atoms with Crippen LogP contribution in [0.1, 0.15) is 16.5 Å². The van der Waals surface area contributed by atoms with Crippen molar-refractivity contribution in [1.29, 1.82) is 0 Å². The fraction of sp³-hybridized carbons (Fsp3) is 0.0476. The Morgan fingerprint density at radius 2 is 1.86 bits per heavy atom. The fourth-order valence-electron chi connectivity index (χ4n) is 3.23. The number of halogens is 2. The Balaban J connectivity index is 1.94. The monoisotopic (exact) mass is 413 g/mol. The minimum absolute atomic E-state index is 0.0565. The van der Waals surface area contributed by atoms with Crippen LogP contribution in [0.4, 0.5) is 10.1 Å². The van der Waals surface area contributed by atoms with E-state index < -0.39 is 23.5 Å². The van der Waals surface area contributed by atoms with Crippen molar-refractivity contribution < 1.29 is 19.1 Å². The molecule has 2 heterocycles. The van der Waals surface area contributed by atoms with Gasteiger partial charge in [0, 0.05) is 21.2 Å². The second kappa shape index (κ2) is 7.22. The number of hydrogen-bond acceptors (Lipinski definition) is 4. The summed E-state index contributed by atoms with van der Waals surface area (Å²) in [6.45, 7) is 0. The van der Waals surface area contributed by atoms with Gasteiger partial charge in [0.15, 0.2) is 0 Å². The fourth-order valence-corrected chi connectivity index (χ4v) is 4.25. The van der Waals surface area contributed by atoms with Crippen LogP contribution in [0.2, 0.25) is 5.02 Å². The van der Waals surface area contributed by atoms with Crippen molar-refractivity contribution in [3.8, 4) is 0 Å². The highest BCUT2D eigenvalue weighted by molar-refractivity contribution is 7.10. The Morgan fingerprint density at radius 3 is 2.54 bits per heavy atom. The molecule has 4 rings (SSSR count). The third-order valence-electron chi connectivity index (χ3n) is 4.44. The number of hydrogen-bond donors (Lipinski definition) is 1. The SMILES string of the molecule is O=C1C(=O)N(c2cccc(F)c2)C(c2cccs2)/C1=C(/O)c1cccc(Cl)c1. The van der Waals surface area contributed by atoms with Crippen molar-refractivity contribution in [2.45, 2.75) is 6.04 Å². The molecule has 0 bridgehead atoms. The first-order valence-electron chi connectivity index (χ1n) is 8.33. The first-order chi connectivity index (χ1) is 13.5. The summed E-state index contributed by atoms with van der Waals surface area (Å²) in [6, 6.07) is 14.5. The molecule has 1 atom stereocenters. The van der Waals surface area contributed by atoms with Gasteiger partial charge < -0.3 is 5.11 Å². The van der Waals surface area contributed by atoms with Gasteiger partial charge in [-0.25, -0.2) is 4.39 Å². The molecule has 0 radical (unpaired) electrons. The van der Waals surface area contributed by atoms with Gasteiger partial charge in [0.2, 0.25) is 0 Å². The number of amides is 1. The van der Waals surface area contributed by atoms with Crippen LogP contribution >= 0.6 is 22.9 Å². The second-order valence-electron chi connectivity index (χ2n) is 6.17. The lowest BCUT2D eigenvalue weighted by Crippen LogP contribution is -2.29. The van der Waals surface area contributed by atoms with E-state index in [2.05, 4.69) is 0 Å². The first-order valence-corrected chi connectivity index (χ1v) is 9.59. The number of carbonyl (C=O) groups is 2. The molecule has 1 N–H and O–H groups in total. The molecular weight excluding hydrogens is 401 g/mol. The van der Waals surface area contributed by atoms with Crippen molar-refractivity contribution >= 4 is 46.1 Å². The van der Waals surface area contributed by atoms with Gasteiger partial charge >= 0.3 is 0 Å². The predicted octanol–water partition coefficient (Wildman–Crippen LogP) is 5.17. The molecule has 3 aromatic rings. The highest BCUT2D eigenvalue weighted by atomic mass is 35.5. The maximum atomic E-state index is 13.8. The van der Waals surface area contributed by atoms with Crippen molar-refractivity contribution in [3.63, 3.8) is 0 Å². The summed E-state index contributed by atoms with van der Waals surface area (Å²) in [5.41, 5.74) is 0.510. The van der Waals surface area contributed by atoms with Gasteiger partial charge in [-0.2, -0.15) is 0 Å². The largest absolute Gasteiger partial charge is 0.507 e. The van der Waals surface area contributed by atoms with E-state index in [0.717, 1.165) is 0 Å². The van der Waals surface area contributed by atoms with Gasteiger partial charge in [-0.3, -0.25) is 14.5 Å². The topological polar surface area (TPSA) is 57.6 Å². The number of rotatable bonds is 3. The number of aliphatic hydroxyl groups excluding tert-OH is 1. The van der Waals surface area contributed by atoms with Crippen molar-refractivity contribution in [1.82, 2.24) is 0 Å². The number of anilines is 1. The highest BCUT2D eigenvalue weighted by Gasteiger charge is 2.47. The summed E-state index contributed by atoms with van der Waals surface area (Å²) in [6.07, 6.45) is 0. The predicted molar refractivity (Wildman–Crippen MR) is 107 cm³/mol. The van der Waals surface area contributed by atoms with Crippen LogP contribution in [-0.2, 0) is 9.59 Å². The van der Waals surface area contributed by atoms with E-state index in [0.29, 0.717) is 15.5 Å². The number of carbonyl (C=O) groups excluding carboxylic acids is 2. The van der Waals surface area contributed by atoms with Gasteiger partial charge in [-0.05, 0) is 41.8 Å². The van der Waals surface area contributed by atoms with Crippen molar-refractivity contribution in [2.24, 2.45) is 0 Å². The molecule has 7 heteroatoms. The number of Topliss-reactive ketones (excluding diaryl/α,β-unsaturated/α-hetero) is 1. The quantitative estimate of drug-likeness (QED) is 0.366. The van der Waals surface area contributed by atoms with Crippen molar-refractivity contribution in [2.75, 3.05) is 4.90 Å². The zero-order valence-corrected chi connectivity index (χ0v) is 15.9. The van der Waals surface area contributed by atoms with Crippen LogP contribution in [0.5, 0.6) is 0 Å². The lowest BCUT2D eigenvalue weighted by atomic mass is 10.00. The van der Waals surface area contributed by atoms with E-state index in [1.807, 2.05) is 0 Å². The van der Waals surface area contributed by atoms with Crippen LogP contribution in [0, 0.1) is 5.82 Å². The number of aliphatic hydroxyl groups is 1. The van der Waals surface area contributed by atoms with Crippen LogP contribution < -0.4 is 4.90 Å². The maximum absolute atomic E-state index is 13.8.